The quantitative estimate of drug-likeness (QED) is 0.665. The summed E-state index contributed by atoms with van der Waals surface area (Å²) in [5.41, 5.74) is 0.305. The van der Waals surface area contributed by atoms with Crippen molar-refractivity contribution >= 4 is 5.97 Å². The number of carbonyl (C=O) groups is 1. The van der Waals surface area contributed by atoms with Gasteiger partial charge in [0.25, 0.3) is 0 Å². The van der Waals surface area contributed by atoms with Gasteiger partial charge in [0, 0.05) is 0 Å². The molecule has 0 N–H and O–H groups in total. The standard InChI is InChI=1S/C10H8FO2/c1-2-7-13-10(12)8-3-5-9(11)6-4-8/h2-7H,1H2. The highest BCUT2D eigenvalue weighted by atomic mass is 19.1. The minimum absolute atomic E-state index is 0.305. The summed E-state index contributed by atoms with van der Waals surface area (Å²) in [4.78, 5) is 11.1. The zero-order chi connectivity index (χ0) is 9.68. The lowest BCUT2D eigenvalue weighted by Crippen LogP contribution is -2.01. The van der Waals surface area contributed by atoms with Gasteiger partial charge in [-0.3, -0.25) is 0 Å². The van der Waals surface area contributed by atoms with Gasteiger partial charge in [0.05, 0.1) is 5.56 Å². The van der Waals surface area contributed by atoms with E-state index in [9.17, 15) is 9.18 Å². The smallest absolute Gasteiger partial charge is 0.338 e. The van der Waals surface area contributed by atoms with Crippen LogP contribution in [0.25, 0.3) is 0 Å². The number of carbonyl (C=O) groups excluding carboxylic acids is 1. The first-order chi connectivity index (χ1) is 6.24. The van der Waals surface area contributed by atoms with Crippen LogP contribution in [0.4, 0.5) is 4.39 Å². The van der Waals surface area contributed by atoms with Crippen molar-refractivity contribution in [2.75, 3.05) is 0 Å². The second-order valence-corrected chi connectivity index (χ2v) is 2.28. The van der Waals surface area contributed by atoms with Crippen LogP contribution in [0.15, 0.2) is 36.9 Å². The minimum atomic E-state index is -0.528. The first-order valence-electron chi connectivity index (χ1n) is 3.65. The maximum Gasteiger partial charge on any atom is 0.338 e. The molecule has 0 saturated carbocycles. The molecule has 0 aliphatic heterocycles. The second-order valence-electron chi connectivity index (χ2n) is 2.28. The molecule has 67 valence electrons. The molecule has 0 heterocycles. The second kappa shape index (κ2) is 4.40. The molecule has 0 bridgehead atoms. The van der Waals surface area contributed by atoms with Crippen molar-refractivity contribution in [3.8, 4) is 0 Å². The molecule has 0 amide bonds. The van der Waals surface area contributed by atoms with Gasteiger partial charge in [-0.1, -0.05) is 6.58 Å². The zero-order valence-corrected chi connectivity index (χ0v) is 6.87. The van der Waals surface area contributed by atoms with Crippen molar-refractivity contribution < 1.29 is 13.9 Å². The van der Waals surface area contributed by atoms with Crippen LogP contribution in [-0.4, -0.2) is 5.97 Å². The normalized spacial score (nSPS) is 9.31. The summed E-state index contributed by atoms with van der Waals surface area (Å²) in [6.07, 6.45) is 1.35. The molecule has 0 unspecified atom stereocenters. The van der Waals surface area contributed by atoms with Gasteiger partial charge >= 0.3 is 5.97 Å². The topological polar surface area (TPSA) is 26.3 Å². The summed E-state index contributed by atoms with van der Waals surface area (Å²) >= 11 is 0. The van der Waals surface area contributed by atoms with Crippen LogP contribution in [0.1, 0.15) is 10.4 Å². The van der Waals surface area contributed by atoms with Crippen LogP contribution in [0.3, 0.4) is 0 Å². The molecule has 0 saturated heterocycles. The number of rotatable bonds is 3. The Bertz CT molecular complexity index is 303. The summed E-state index contributed by atoms with van der Waals surface area (Å²) in [6.45, 7) is 4.52. The first kappa shape index (κ1) is 9.45. The number of hydrogen-bond donors (Lipinski definition) is 0. The summed E-state index contributed by atoms with van der Waals surface area (Å²) in [5.74, 6) is -0.913. The highest BCUT2D eigenvalue weighted by molar-refractivity contribution is 5.89. The molecule has 2 nitrogen and oxygen atoms in total. The lowest BCUT2D eigenvalue weighted by atomic mass is 10.2. The first-order valence-corrected chi connectivity index (χ1v) is 3.65. The summed E-state index contributed by atoms with van der Waals surface area (Å²) in [6, 6.07) is 5.11. The molecule has 0 aliphatic rings. The van der Waals surface area contributed by atoms with Crippen molar-refractivity contribution in [1.82, 2.24) is 0 Å². The molecule has 0 aliphatic carbocycles. The number of halogens is 1. The van der Waals surface area contributed by atoms with Gasteiger partial charge in [-0.15, -0.1) is 0 Å². The molecule has 0 fully saturated rings. The van der Waals surface area contributed by atoms with Crippen molar-refractivity contribution in [2.45, 2.75) is 0 Å². The van der Waals surface area contributed by atoms with Crippen molar-refractivity contribution in [3.63, 3.8) is 0 Å². The van der Waals surface area contributed by atoms with Crippen LogP contribution in [-0.2, 0) is 4.74 Å². The van der Waals surface area contributed by atoms with Gasteiger partial charge in [0.2, 0.25) is 0 Å². The average Bonchev–Trinajstić information content (AvgIpc) is 2.15. The third kappa shape index (κ3) is 2.71. The monoisotopic (exact) mass is 179 g/mol. The van der Waals surface area contributed by atoms with E-state index in [0.717, 1.165) is 0 Å². The van der Waals surface area contributed by atoms with Gasteiger partial charge < -0.3 is 4.74 Å². The minimum Gasteiger partial charge on any atom is -0.450 e. The van der Waals surface area contributed by atoms with Crippen molar-refractivity contribution in [1.29, 1.82) is 0 Å². The Hall–Kier alpha value is -1.64. The Balaban J connectivity index is 2.66. The average molecular weight is 179 g/mol. The molecule has 1 aromatic carbocycles. The molecule has 0 atom stereocenters. The number of ether oxygens (including phenoxy) is 1. The van der Waals surface area contributed by atoms with E-state index in [1.165, 1.54) is 36.9 Å². The molecule has 0 aromatic heterocycles. The van der Waals surface area contributed by atoms with Crippen LogP contribution in [0, 0.1) is 12.4 Å². The van der Waals surface area contributed by atoms with Gasteiger partial charge in [-0.2, -0.15) is 0 Å². The predicted octanol–water partition coefficient (Wildman–Crippen LogP) is 2.33. The van der Waals surface area contributed by atoms with Gasteiger partial charge in [-0.05, 0) is 30.3 Å². The molecule has 3 heteroatoms. The van der Waals surface area contributed by atoms with E-state index in [0.29, 0.717) is 5.56 Å². The van der Waals surface area contributed by atoms with Crippen LogP contribution in [0.2, 0.25) is 0 Å². The van der Waals surface area contributed by atoms with Crippen LogP contribution in [0.5, 0.6) is 0 Å². The SMILES string of the molecule is C=C[CH]OC(=O)c1ccc(F)cc1. The predicted molar refractivity (Wildman–Crippen MR) is 46.3 cm³/mol. The summed E-state index contributed by atoms with van der Waals surface area (Å²) in [7, 11) is 0. The van der Waals surface area contributed by atoms with E-state index < -0.39 is 5.97 Å². The molecule has 1 aromatic rings. The van der Waals surface area contributed by atoms with E-state index in [1.807, 2.05) is 0 Å². The Kier molecular flexibility index (Phi) is 3.20. The Morgan fingerprint density at radius 3 is 2.54 bits per heavy atom. The van der Waals surface area contributed by atoms with Gasteiger partial charge in [-0.25, -0.2) is 9.18 Å². The molecular formula is C10H8FO2. The van der Waals surface area contributed by atoms with Crippen molar-refractivity contribution in [3.05, 3.63) is 54.9 Å². The van der Waals surface area contributed by atoms with Crippen molar-refractivity contribution in [2.24, 2.45) is 0 Å². The number of esters is 1. The zero-order valence-electron chi connectivity index (χ0n) is 6.87. The number of hydrogen-bond acceptors (Lipinski definition) is 2. The highest BCUT2D eigenvalue weighted by Crippen LogP contribution is 2.04. The highest BCUT2D eigenvalue weighted by Gasteiger charge is 2.05. The van der Waals surface area contributed by atoms with E-state index in [-0.39, 0.29) is 5.82 Å². The fraction of sp³-hybridized carbons (Fsp3) is 0. The Labute approximate surface area is 75.6 Å². The van der Waals surface area contributed by atoms with Gasteiger partial charge in [0.15, 0.2) is 6.61 Å². The maximum atomic E-state index is 12.4. The molecule has 1 rings (SSSR count). The fourth-order valence-corrected chi connectivity index (χ4v) is 0.764. The third-order valence-corrected chi connectivity index (χ3v) is 1.35. The van der Waals surface area contributed by atoms with E-state index >= 15 is 0 Å². The van der Waals surface area contributed by atoms with E-state index in [1.54, 1.807) is 0 Å². The maximum absolute atomic E-state index is 12.4. The van der Waals surface area contributed by atoms with E-state index in [2.05, 4.69) is 11.3 Å². The largest absolute Gasteiger partial charge is 0.450 e. The fourth-order valence-electron chi connectivity index (χ4n) is 0.764. The number of benzene rings is 1. The molecule has 1 radical (unpaired) electrons. The lowest BCUT2D eigenvalue weighted by molar-refractivity contribution is 0.0625. The van der Waals surface area contributed by atoms with Gasteiger partial charge in [0.1, 0.15) is 5.82 Å². The van der Waals surface area contributed by atoms with Crippen LogP contribution < -0.4 is 0 Å². The Morgan fingerprint density at radius 1 is 1.38 bits per heavy atom. The molecule has 13 heavy (non-hydrogen) atoms. The summed E-state index contributed by atoms with van der Waals surface area (Å²) < 4.78 is 17.0. The molecule has 0 spiro atoms. The Morgan fingerprint density at radius 2 is 2.00 bits per heavy atom. The van der Waals surface area contributed by atoms with Crippen LogP contribution >= 0.6 is 0 Å². The molecular weight excluding hydrogens is 171 g/mol. The lowest BCUT2D eigenvalue weighted by Gasteiger charge is -1.99. The van der Waals surface area contributed by atoms with E-state index in [4.69, 9.17) is 0 Å². The third-order valence-electron chi connectivity index (χ3n) is 1.35. The summed E-state index contributed by atoms with van der Waals surface area (Å²) in [5, 5.41) is 0.